The maximum atomic E-state index is 13.1. The van der Waals surface area contributed by atoms with Crippen LogP contribution in [0.25, 0.3) is 0 Å². The molecule has 1 fully saturated rings. The zero-order chi connectivity index (χ0) is 16.4. The van der Waals surface area contributed by atoms with E-state index in [4.69, 9.17) is 0 Å². The van der Waals surface area contributed by atoms with Crippen LogP contribution in [-0.2, 0) is 0 Å². The summed E-state index contributed by atoms with van der Waals surface area (Å²) < 4.78 is 13.1. The minimum absolute atomic E-state index is 0.0778. The molecule has 1 amide bonds. The Balaban J connectivity index is 1.69. The van der Waals surface area contributed by atoms with Crippen molar-refractivity contribution < 1.29 is 9.18 Å². The summed E-state index contributed by atoms with van der Waals surface area (Å²) in [4.78, 5) is 21.9. The second kappa shape index (κ2) is 6.66. The number of rotatable bonds is 2. The van der Waals surface area contributed by atoms with Crippen molar-refractivity contribution in [2.45, 2.75) is 20.3 Å². The average Bonchev–Trinajstić information content (AvgIpc) is 2.74. The van der Waals surface area contributed by atoms with E-state index in [0.29, 0.717) is 6.54 Å². The van der Waals surface area contributed by atoms with E-state index in [0.717, 1.165) is 47.3 Å². The third kappa shape index (κ3) is 3.52. The van der Waals surface area contributed by atoms with Crippen LogP contribution in [0.5, 0.6) is 0 Å². The lowest BCUT2D eigenvalue weighted by Crippen LogP contribution is -2.35. The van der Waals surface area contributed by atoms with Gasteiger partial charge in [0, 0.05) is 31.9 Å². The van der Waals surface area contributed by atoms with Crippen molar-refractivity contribution >= 4 is 22.9 Å². The Hall–Kier alpha value is -1.95. The molecule has 0 spiro atoms. The van der Waals surface area contributed by atoms with Crippen LogP contribution in [0.4, 0.5) is 10.1 Å². The van der Waals surface area contributed by atoms with E-state index in [1.165, 1.54) is 23.5 Å². The summed E-state index contributed by atoms with van der Waals surface area (Å²) >= 11 is 1.46. The van der Waals surface area contributed by atoms with E-state index in [1.807, 2.05) is 18.7 Å². The molecular formula is C17H20FN3OS. The quantitative estimate of drug-likeness (QED) is 0.846. The summed E-state index contributed by atoms with van der Waals surface area (Å²) in [6.07, 6.45) is 0.903. The number of benzene rings is 1. The molecule has 0 N–H and O–H groups in total. The van der Waals surface area contributed by atoms with Crippen LogP contribution < -0.4 is 4.90 Å². The van der Waals surface area contributed by atoms with Gasteiger partial charge in [-0.15, -0.1) is 11.3 Å². The van der Waals surface area contributed by atoms with Crippen LogP contribution >= 0.6 is 11.3 Å². The Morgan fingerprint density at radius 2 is 1.87 bits per heavy atom. The first-order valence-corrected chi connectivity index (χ1v) is 8.60. The van der Waals surface area contributed by atoms with E-state index < -0.39 is 0 Å². The van der Waals surface area contributed by atoms with Gasteiger partial charge in [-0.05, 0) is 44.5 Å². The highest BCUT2D eigenvalue weighted by Crippen LogP contribution is 2.21. The molecule has 0 aliphatic carbocycles. The minimum atomic E-state index is -0.226. The molecule has 1 aromatic heterocycles. The number of hydrogen-bond donors (Lipinski definition) is 0. The third-order valence-electron chi connectivity index (χ3n) is 4.07. The van der Waals surface area contributed by atoms with Gasteiger partial charge in [-0.25, -0.2) is 9.37 Å². The molecule has 1 aliphatic rings. The van der Waals surface area contributed by atoms with Crippen LogP contribution in [0.3, 0.4) is 0 Å². The van der Waals surface area contributed by atoms with Crippen LogP contribution in [-0.4, -0.2) is 42.0 Å². The molecule has 1 aromatic carbocycles. The van der Waals surface area contributed by atoms with Gasteiger partial charge < -0.3 is 9.80 Å². The summed E-state index contributed by atoms with van der Waals surface area (Å²) in [5, 5.41) is 0.925. The molecule has 6 heteroatoms. The SMILES string of the molecule is Cc1nc(C)c(C(=O)N2CCCN(c3ccc(F)cc3)CC2)s1. The molecule has 0 atom stereocenters. The Morgan fingerprint density at radius 1 is 1.13 bits per heavy atom. The molecule has 2 heterocycles. The summed E-state index contributed by atoms with van der Waals surface area (Å²) in [5.41, 5.74) is 1.82. The summed E-state index contributed by atoms with van der Waals surface area (Å²) in [5.74, 6) is -0.148. The lowest BCUT2D eigenvalue weighted by Gasteiger charge is -2.23. The second-order valence-electron chi connectivity index (χ2n) is 5.76. The maximum absolute atomic E-state index is 13.1. The monoisotopic (exact) mass is 333 g/mol. The summed E-state index contributed by atoms with van der Waals surface area (Å²) in [7, 11) is 0. The van der Waals surface area contributed by atoms with E-state index in [-0.39, 0.29) is 11.7 Å². The average molecular weight is 333 g/mol. The number of aromatic nitrogens is 1. The van der Waals surface area contributed by atoms with Crippen molar-refractivity contribution in [2.75, 3.05) is 31.1 Å². The molecule has 0 radical (unpaired) electrons. The lowest BCUT2D eigenvalue weighted by molar-refractivity contribution is 0.0771. The number of anilines is 1. The molecule has 3 rings (SSSR count). The molecule has 2 aromatic rings. The predicted octanol–water partition coefficient (Wildman–Crippen LogP) is 3.25. The Kier molecular flexibility index (Phi) is 4.61. The highest BCUT2D eigenvalue weighted by Gasteiger charge is 2.23. The number of aryl methyl sites for hydroxylation is 2. The molecular weight excluding hydrogens is 313 g/mol. The van der Waals surface area contributed by atoms with Gasteiger partial charge in [0.05, 0.1) is 10.7 Å². The molecule has 0 unspecified atom stereocenters. The van der Waals surface area contributed by atoms with E-state index in [9.17, 15) is 9.18 Å². The van der Waals surface area contributed by atoms with Crippen molar-refractivity contribution in [3.63, 3.8) is 0 Å². The number of amides is 1. The van der Waals surface area contributed by atoms with Gasteiger partial charge in [0.15, 0.2) is 0 Å². The standard InChI is InChI=1S/C17H20FN3OS/c1-12-16(23-13(2)19-12)17(22)21-9-3-8-20(10-11-21)15-6-4-14(18)5-7-15/h4-7H,3,8-11H2,1-2H3. The van der Waals surface area contributed by atoms with Gasteiger partial charge in [0.1, 0.15) is 10.7 Å². The lowest BCUT2D eigenvalue weighted by atomic mass is 10.2. The van der Waals surface area contributed by atoms with Crippen LogP contribution in [0, 0.1) is 19.7 Å². The zero-order valence-electron chi connectivity index (χ0n) is 13.4. The first kappa shape index (κ1) is 15.9. The summed E-state index contributed by atoms with van der Waals surface area (Å²) in [6, 6.07) is 6.55. The Morgan fingerprint density at radius 3 is 2.52 bits per heavy atom. The van der Waals surface area contributed by atoms with Gasteiger partial charge in [-0.1, -0.05) is 0 Å². The number of carbonyl (C=O) groups is 1. The van der Waals surface area contributed by atoms with Gasteiger partial charge in [-0.3, -0.25) is 4.79 Å². The van der Waals surface area contributed by atoms with Gasteiger partial charge in [-0.2, -0.15) is 0 Å². The Bertz CT molecular complexity index is 698. The number of carbonyl (C=O) groups excluding carboxylic acids is 1. The van der Waals surface area contributed by atoms with Crippen molar-refractivity contribution in [1.82, 2.24) is 9.88 Å². The van der Waals surface area contributed by atoms with Gasteiger partial charge in [0.25, 0.3) is 5.91 Å². The number of nitrogens with zero attached hydrogens (tertiary/aromatic N) is 3. The van der Waals surface area contributed by atoms with Crippen molar-refractivity contribution in [1.29, 1.82) is 0 Å². The fourth-order valence-electron chi connectivity index (χ4n) is 2.90. The molecule has 0 bridgehead atoms. The van der Waals surface area contributed by atoms with Crippen LogP contribution in [0.15, 0.2) is 24.3 Å². The Labute approximate surface area is 139 Å². The van der Waals surface area contributed by atoms with Crippen LogP contribution in [0.2, 0.25) is 0 Å². The number of hydrogen-bond acceptors (Lipinski definition) is 4. The highest BCUT2D eigenvalue weighted by atomic mass is 32.1. The van der Waals surface area contributed by atoms with E-state index in [1.54, 1.807) is 12.1 Å². The maximum Gasteiger partial charge on any atom is 0.265 e. The highest BCUT2D eigenvalue weighted by molar-refractivity contribution is 7.13. The molecule has 0 saturated carbocycles. The number of thiazole rings is 1. The predicted molar refractivity (Wildman–Crippen MR) is 90.7 cm³/mol. The normalized spacial score (nSPS) is 15.6. The topological polar surface area (TPSA) is 36.4 Å². The van der Waals surface area contributed by atoms with Crippen molar-refractivity contribution in [2.24, 2.45) is 0 Å². The summed E-state index contributed by atoms with van der Waals surface area (Å²) in [6.45, 7) is 6.86. The first-order valence-electron chi connectivity index (χ1n) is 7.78. The molecule has 122 valence electrons. The molecule has 1 saturated heterocycles. The van der Waals surface area contributed by atoms with E-state index >= 15 is 0 Å². The van der Waals surface area contributed by atoms with Crippen LogP contribution in [0.1, 0.15) is 26.8 Å². The third-order valence-corrected chi connectivity index (χ3v) is 5.13. The molecule has 4 nitrogen and oxygen atoms in total. The molecule has 23 heavy (non-hydrogen) atoms. The minimum Gasteiger partial charge on any atom is -0.370 e. The largest absolute Gasteiger partial charge is 0.370 e. The fourth-order valence-corrected chi connectivity index (χ4v) is 3.79. The zero-order valence-corrected chi connectivity index (χ0v) is 14.2. The van der Waals surface area contributed by atoms with E-state index in [2.05, 4.69) is 9.88 Å². The second-order valence-corrected chi connectivity index (χ2v) is 6.96. The van der Waals surface area contributed by atoms with Gasteiger partial charge >= 0.3 is 0 Å². The van der Waals surface area contributed by atoms with Gasteiger partial charge in [0.2, 0.25) is 0 Å². The van der Waals surface area contributed by atoms with Crippen molar-refractivity contribution in [3.05, 3.63) is 45.7 Å². The van der Waals surface area contributed by atoms with Crippen molar-refractivity contribution in [3.8, 4) is 0 Å². The molecule has 1 aliphatic heterocycles. The first-order chi connectivity index (χ1) is 11.0. The fraction of sp³-hybridized carbons (Fsp3) is 0.412. The number of halogens is 1. The smallest absolute Gasteiger partial charge is 0.265 e.